The molecule has 0 aromatic heterocycles. The van der Waals surface area contributed by atoms with Crippen LogP contribution in [0.5, 0.6) is 23.0 Å². The Hall–Kier alpha value is -2.73. The Kier molecular flexibility index (Phi) is 7.95. The van der Waals surface area contributed by atoms with Crippen LogP contribution < -0.4 is 18.6 Å². The Labute approximate surface area is 187 Å². The van der Waals surface area contributed by atoms with Crippen LogP contribution in [0.1, 0.15) is 31.9 Å². The topological polar surface area (TPSA) is 54.0 Å². The van der Waals surface area contributed by atoms with Crippen LogP contribution in [-0.2, 0) is 11.2 Å². The molecule has 168 valence electrons. The fraction of sp³-hybridized carbons (Fsp3) is 0.400. The SMILES string of the molecule is COc1ccc(/C(=C\C=O)Cc2c(OC)cc(OC)cc2O[Si](C)(C)C(C)(C)C)cc1. The Bertz CT molecular complexity index is 924. The molecular formula is C25H34O5Si. The van der Waals surface area contributed by atoms with E-state index in [4.69, 9.17) is 18.6 Å². The third kappa shape index (κ3) is 5.91. The number of hydrogen-bond donors (Lipinski definition) is 0. The van der Waals surface area contributed by atoms with Gasteiger partial charge in [-0.2, -0.15) is 0 Å². The normalized spacial score (nSPS) is 12.3. The number of carbonyl (C=O) groups excluding carboxylic acids is 1. The summed E-state index contributed by atoms with van der Waals surface area (Å²) >= 11 is 0. The smallest absolute Gasteiger partial charge is 0.250 e. The molecule has 0 radical (unpaired) electrons. The first-order chi connectivity index (χ1) is 14.6. The van der Waals surface area contributed by atoms with E-state index in [9.17, 15) is 4.79 Å². The minimum Gasteiger partial charge on any atom is -0.543 e. The van der Waals surface area contributed by atoms with Gasteiger partial charge < -0.3 is 18.6 Å². The number of hydrogen-bond acceptors (Lipinski definition) is 5. The van der Waals surface area contributed by atoms with Crippen molar-refractivity contribution in [2.24, 2.45) is 0 Å². The van der Waals surface area contributed by atoms with E-state index in [0.29, 0.717) is 17.9 Å². The first-order valence-electron chi connectivity index (χ1n) is 10.3. The number of allylic oxidation sites excluding steroid dienone is 2. The van der Waals surface area contributed by atoms with Crippen LogP contribution >= 0.6 is 0 Å². The third-order valence-corrected chi connectivity index (χ3v) is 10.2. The molecular weight excluding hydrogens is 408 g/mol. The van der Waals surface area contributed by atoms with Gasteiger partial charge in [-0.1, -0.05) is 32.9 Å². The Morgan fingerprint density at radius 1 is 0.903 bits per heavy atom. The van der Waals surface area contributed by atoms with Crippen LogP contribution in [0.2, 0.25) is 18.1 Å². The Balaban J connectivity index is 2.58. The summed E-state index contributed by atoms with van der Waals surface area (Å²) in [4.78, 5) is 11.4. The second-order valence-corrected chi connectivity index (χ2v) is 13.6. The minimum absolute atomic E-state index is 0.0258. The number of rotatable bonds is 9. The fourth-order valence-corrected chi connectivity index (χ4v) is 3.96. The van der Waals surface area contributed by atoms with E-state index in [1.54, 1.807) is 27.4 Å². The minimum atomic E-state index is -2.13. The molecule has 0 bridgehead atoms. The average molecular weight is 443 g/mol. The van der Waals surface area contributed by atoms with Gasteiger partial charge in [0.05, 0.1) is 21.3 Å². The number of benzene rings is 2. The van der Waals surface area contributed by atoms with E-state index in [2.05, 4.69) is 33.9 Å². The van der Waals surface area contributed by atoms with Crippen LogP contribution in [0.3, 0.4) is 0 Å². The lowest BCUT2D eigenvalue weighted by molar-refractivity contribution is -0.104. The summed E-state index contributed by atoms with van der Waals surface area (Å²) in [5.74, 6) is 2.82. The van der Waals surface area contributed by atoms with Gasteiger partial charge in [0.2, 0.25) is 8.32 Å². The molecule has 0 fully saturated rings. The quantitative estimate of drug-likeness (QED) is 0.274. The monoisotopic (exact) mass is 442 g/mol. The molecule has 0 atom stereocenters. The number of ether oxygens (including phenoxy) is 3. The summed E-state index contributed by atoms with van der Waals surface area (Å²) in [5, 5.41) is 0.0258. The first-order valence-corrected chi connectivity index (χ1v) is 13.2. The highest BCUT2D eigenvalue weighted by atomic mass is 28.4. The van der Waals surface area contributed by atoms with Crippen molar-refractivity contribution >= 4 is 20.2 Å². The van der Waals surface area contributed by atoms with Crippen LogP contribution in [0.15, 0.2) is 42.5 Å². The molecule has 0 unspecified atom stereocenters. The number of methoxy groups -OCH3 is 3. The zero-order valence-electron chi connectivity index (χ0n) is 19.9. The molecule has 0 heterocycles. The van der Waals surface area contributed by atoms with Gasteiger partial charge in [-0.15, -0.1) is 0 Å². The highest BCUT2D eigenvalue weighted by molar-refractivity contribution is 6.74. The van der Waals surface area contributed by atoms with Crippen LogP contribution in [0, 0.1) is 0 Å². The first kappa shape index (κ1) is 24.5. The lowest BCUT2D eigenvalue weighted by atomic mass is 9.96. The molecule has 0 aliphatic carbocycles. The van der Waals surface area contributed by atoms with E-state index in [1.807, 2.05) is 36.4 Å². The van der Waals surface area contributed by atoms with Crippen molar-refractivity contribution in [1.82, 2.24) is 0 Å². The van der Waals surface area contributed by atoms with Gasteiger partial charge in [0.1, 0.15) is 29.3 Å². The molecule has 0 saturated carbocycles. The van der Waals surface area contributed by atoms with Gasteiger partial charge in [-0.3, -0.25) is 4.79 Å². The van der Waals surface area contributed by atoms with Crippen LogP contribution in [-0.4, -0.2) is 35.9 Å². The van der Waals surface area contributed by atoms with E-state index in [-0.39, 0.29) is 5.04 Å². The largest absolute Gasteiger partial charge is 0.543 e. The maximum Gasteiger partial charge on any atom is 0.250 e. The van der Waals surface area contributed by atoms with Gasteiger partial charge in [0.25, 0.3) is 0 Å². The standard InChI is InChI=1S/C25H34O5Si/c1-25(2,3)31(7,8)30-24-17-21(28-5)16-23(29-6)22(24)15-19(13-14-26)18-9-11-20(27-4)12-10-18/h9-14,16-17H,15H2,1-8H3/b19-13-. The molecule has 0 aliphatic rings. The molecule has 0 amide bonds. The molecule has 2 aromatic carbocycles. The molecule has 0 saturated heterocycles. The van der Waals surface area contributed by atoms with Gasteiger partial charge in [-0.25, -0.2) is 0 Å². The third-order valence-electron chi connectivity index (χ3n) is 5.87. The van der Waals surface area contributed by atoms with Crippen molar-refractivity contribution < 1.29 is 23.4 Å². The van der Waals surface area contributed by atoms with E-state index >= 15 is 0 Å². The highest BCUT2D eigenvalue weighted by Crippen LogP contribution is 2.43. The molecule has 2 aromatic rings. The number of aldehydes is 1. The lowest BCUT2D eigenvalue weighted by Gasteiger charge is -2.37. The molecule has 5 nitrogen and oxygen atoms in total. The molecule has 0 aliphatic heterocycles. The molecule has 6 heteroatoms. The maximum absolute atomic E-state index is 11.4. The maximum atomic E-state index is 11.4. The Morgan fingerprint density at radius 3 is 1.97 bits per heavy atom. The molecule has 0 spiro atoms. The fourth-order valence-electron chi connectivity index (χ4n) is 2.92. The predicted octanol–water partition coefficient (Wildman–Crippen LogP) is 5.92. The van der Waals surface area contributed by atoms with Gasteiger partial charge in [0.15, 0.2) is 0 Å². The zero-order chi connectivity index (χ0) is 23.2. The van der Waals surface area contributed by atoms with Crippen molar-refractivity contribution in [3.63, 3.8) is 0 Å². The zero-order valence-corrected chi connectivity index (χ0v) is 20.9. The summed E-state index contributed by atoms with van der Waals surface area (Å²) in [7, 11) is 2.76. The molecule has 2 rings (SSSR count). The number of carbonyl (C=O) groups is 1. The summed E-state index contributed by atoms with van der Waals surface area (Å²) in [6.07, 6.45) is 2.87. The van der Waals surface area contributed by atoms with Crippen LogP contribution in [0.25, 0.3) is 5.57 Å². The highest BCUT2D eigenvalue weighted by Gasteiger charge is 2.39. The van der Waals surface area contributed by atoms with Crippen molar-refractivity contribution in [2.75, 3.05) is 21.3 Å². The lowest BCUT2D eigenvalue weighted by Crippen LogP contribution is -2.44. The van der Waals surface area contributed by atoms with Gasteiger partial charge in [-0.05, 0) is 47.5 Å². The van der Waals surface area contributed by atoms with Crippen LogP contribution in [0.4, 0.5) is 0 Å². The van der Waals surface area contributed by atoms with E-state index in [0.717, 1.165) is 34.5 Å². The summed E-state index contributed by atoms with van der Waals surface area (Å²) in [6, 6.07) is 11.4. The van der Waals surface area contributed by atoms with Crippen molar-refractivity contribution in [1.29, 1.82) is 0 Å². The van der Waals surface area contributed by atoms with Gasteiger partial charge >= 0.3 is 0 Å². The molecule has 31 heavy (non-hydrogen) atoms. The predicted molar refractivity (Wildman–Crippen MR) is 128 cm³/mol. The average Bonchev–Trinajstić information content (AvgIpc) is 2.73. The van der Waals surface area contributed by atoms with Gasteiger partial charge in [0, 0.05) is 24.1 Å². The second-order valence-electron chi connectivity index (χ2n) is 8.90. The summed E-state index contributed by atoms with van der Waals surface area (Å²) in [5.41, 5.74) is 2.68. The summed E-state index contributed by atoms with van der Waals surface area (Å²) < 4.78 is 23.1. The van der Waals surface area contributed by atoms with E-state index < -0.39 is 8.32 Å². The van der Waals surface area contributed by atoms with E-state index in [1.165, 1.54) is 0 Å². The second kappa shape index (κ2) is 10.0. The summed E-state index contributed by atoms with van der Waals surface area (Å²) in [6.45, 7) is 11.0. The Morgan fingerprint density at radius 2 is 1.48 bits per heavy atom. The van der Waals surface area contributed by atoms with Crippen molar-refractivity contribution in [3.05, 3.63) is 53.6 Å². The molecule has 0 N–H and O–H groups in total. The van der Waals surface area contributed by atoms with Crippen molar-refractivity contribution in [2.45, 2.75) is 45.3 Å². The van der Waals surface area contributed by atoms with Crippen molar-refractivity contribution in [3.8, 4) is 23.0 Å².